The van der Waals surface area contributed by atoms with Crippen molar-refractivity contribution in [1.29, 1.82) is 0 Å². The van der Waals surface area contributed by atoms with Crippen LogP contribution in [0.1, 0.15) is 22.2 Å². The van der Waals surface area contributed by atoms with E-state index in [-0.39, 0.29) is 18.6 Å². The lowest BCUT2D eigenvalue weighted by Gasteiger charge is -2.13. The first-order valence-electron chi connectivity index (χ1n) is 7.14. The van der Waals surface area contributed by atoms with Gasteiger partial charge in [-0.05, 0) is 36.1 Å². The molecule has 0 fully saturated rings. The zero-order valence-corrected chi connectivity index (χ0v) is 13.3. The van der Waals surface area contributed by atoms with Crippen LogP contribution in [0.5, 0.6) is 11.5 Å². The lowest BCUT2D eigenvalue weighted by Crippen LogP contribution is -2.44. The maximum absolute atomic E-state index is 12.1. The fourth-order valence-electron chi connectivity index (χ4n) is 2.13. The SMILES string of the molecule is CC(NC(=O)c1cccs1)C(=O)NCc1ccc2c(c1)OCO2. The Bertz CT molecular complexity index is 715. The fraction of sp³-hybridized carbons (Fsp3) is 0.250. The molecule has 0 saturated carbocycles. The van der Waals surface area contributed by atoms with E-state index in [1.165, 1.54) is 11.3 Å². The Morgan fingerprint density at radius 2 is 2.09 bits per heavy atom. The molecule has 2 N–H and O–H groups in total. The molecule has 1 atom stereocenters. The summed E-state index contributed by atoms with van der Waals surface area (Å²) in [5, 5.41) is 7.29. The molecular formula is C16H16N2O4S. The van der Waals surface area contributed by atoms with Gasteiger partial charge in [-0.25, -0.2) is 0 Å². The standard InChI is InChI=1S/C16H16N2O4S/c1-10(18-16(20)14-3-2-6-23-14)15(19)17-8-11-4-5-12-13(7-11)22-9-21-12/h2-7,10H,8-9H2,1H3,(H,17,19)(H,18,20). The third-order valence-electron chi connectivity index (χ3n) is 3.39. The van der Waals surface area contributed by atoms with Crippen molar-refractivity contribution in [2.75, 3.05) is 6.79 Å². The van der Waals surface area contributed by atoms with Crippen LogP contribution >= 0.6 is 11.3 Å². The summed E-state index contributed by atoms with van der Waals surface area (Å²) < 4.78 is 10.5. The molecule has 0 spiro atoms. The van der Waals surface area contributed by atoms with Crippen molar-refractivity contribution in [1.82, 2.24) is 10.6 Å². The third-order valence-corrected chi connectivity index (χ3v) is 4.26. The summed E-state index contributed by atoms with van der Waals surface area (Å²) in [6, 6.07) is 8.41. The van der Waals surface area contributed by atoms with Crippen LogP contribution in [0.25, 0.3) is 0 Å². The number of benzene rings is 1. The van der Waals surface area contributed by atoms with Gasteiger partial charge in [-0.15, -0.1) is 11.3 Å². The predicted octanol–water partition coefficient (Wildman–Crippen LogP) is 1.91. The highest BCUT2D eigenvalue weighted by molar-refractivity contribution is 7.12. The number of nitrogens with one attached hydrogen (secondary N) is 2. The van der Waals surface area contributed by atoms with E-state index in [4.69, 9.17) is 9.47 Å². The minimum absolute atomic E-state index is 0.219. The van der Waals surface area contributed by atoms with Crippen molar-refractivity contribution in [3.63, 3.8) is 0 Å². The number of carbonyl (C=O) groups is 2. The van der Waals surface area contributed by atoms with Crippen LogP contribution in [0.15, 0.2) is 35.7 Å². The van der Waals surface area contributed by atoms with Gasteiger partial charge in [0.15, 0.2) is 11.5 Å². The highest BCUT2D eigenvalue weighted by atomic mass is 32.1. The van der Waals surface area contributed by atoms with Gasteiger partial charge in [0.2, 0.25) is 12.7 Å². The Morgan fingerprint density at radius 3 is 2.87 bits per heavy atom. The molecule has 2 amide bonds. The van der Waals surface area contributed by atoms with Crippen molar-refractivity contribution < 1.29 is 19.1 Å². The summed E-state index contributed by atoms with van der Waals surface area (Å²) in [6.07, 6.45) is 0. The second-order valence-electron chi connectivity index (χ2n) is 5.08. The van der Waals surface area contributed by atoms with Crippen LogP contribution in [-0.2, 0) is 11.3 Å². The average Bonchev–Trinajstić information content (AvgIpc) is 3.22. The van der Waals surface area contributed by atoms with E-state index in [0.717, 1.165) is 5.56 Å². The zero-order chi connectivity index (χ0) is 16.2. The Labute approximate surface area is 137 Å². The first-order chi connectivity index (χ1) is 11.1. The van der Waals surface area contributed by atoms with E-state index in [9.17, 15) is 9.59 Å². The fourth-order valence-corrected chi connectivity index (χ4v) is 2.76. The number of ether oxygens (including phenoxy) is 2. The highest BCUT2D eigenvalue weighted by Crippen LogP contribution is 2.32. The molecule has 0 saturated heterocycles. The van der Waals surface area contributed by atoms with E-state index >= 15 is 0 Å². The van der Waals surface area contributed by atoms with Gasteiger partial charge in [0.05, 0.1) is 4.88 Å². The predicted molar refractivity (Wildman–Crippen MR) is 85.7 cm³/mol. The Kier molecular flexibility index (Phi) is 4.47. The van der Waals surface area contributed by atoms with Gasteiger partial charge in [0, 0.05) is 6.54 Å². The van der Waals surface area contributed by atoms with Gasteiger partial charge in [0.25, 0.3) is 5.91 Å². The van der Waals surface area contributed by atoms with Gasteiger partial charge in [-0.1, -0.05) is 12.1 Å². The quantitative estimate of drug-likeness (QED) is 0.877. The minimum Gasteiger partial charge on any atom is -0.454 e. The monoisotopic (exact) mass is 332 g/mol. The maximum atomic E-state index is 12.1. The molecule has 0 radical (unpaired) electrons. The van der Waals surface area contributed by atoms with Crippen LogP contribution in [0.3, 0.4) is 0 Å². The van der Waals surface area contributed by atoms with Gasteiger partial charge < -0.3 is 20.1 Å². The number of amides is 2. The summed E-state index contributed by atoms with van der Waals surface area (Å²) in [5.74, 6) is 0.894. The molecular weight excluding hydrogens is 316 g/mol. The molecule has 1 unspecified atom stereocenters. The Morgan fingerprint density at radius 1 is 1.26 bits per heavy atom. The van der Waals surface area contributed by atoms with E-state index < -0.39 is 6.04 Å². The van der Waals surface area contributed by atoms with E-state index in [1.54, 1.807) is 19.1 Å². The highest BCUT2D eigenvalue weighted by Gasteiger charge is 2.18. The minimum atomic E-state index is -0.612. The second kappa shape index (κ2) is 6.70. The van der Waals surface area contributed by atoms with Gasteiger partial charge >= 0.3 is 0 Å². The van der Waals surface area contributed by atoms with Crippen molar-refractivity contribution in [3.05, 3.63) is 46.2 Å². The van der Waals surface area contributed by atoms with Crippen LogP contribution in [0.2, 0.25) is 0 Å². The molecule has 1 aromatic heterocycles. The zero-order valence-electron chi connectivity index (χ0n) is 12.5. The number of hydrogen-bond acceptors (Lipinski definition) is 5. The van der Waals surface area contributed by atoms with Gasteiger partial charge in [-0.3, -0.25) is 9.59 Å². The van der Waals surface area contributed by atoms with Crippen LogP contribution in [-0.4, -0.2) is 24.6 Å². The number of hydrogen-bond donors (Lipinski definition) is 2. The molecule has 120 valence electrons. The van der Waals surface area contributed by atoms with Gasteiger partial charge in [-0.2, -0.15) is 0 Å². The molecule has 2 aromatic rings. The van der Waals surface area contributed by atoms with Crippen molar-refractivity contribution in [3.8, 4) is 11.5 Å². The Balaban J connectivity index is 1.51. The molecule has 3 rings (SSSR count). The molecule has 23 heavy (non-hydrogen) atoms. The molecule has 0 bridgehead atoms. The number of rotatable bonds is 5. The first kappa shape index (κ1) is 15.4. The summed E-state index contributed by atoms with van der Waals surface area (Å²) in [4.78, 5) is 24.6. The molecule has 2 heterocycles. The smallest absolute Gasteiger partial charge is 0.261 e. The van der Waals surface area contributed by atoms with Crippen molar-refractivity contribution in [2.45, 2.75) is 19.5 Å². The number of carbonyl (C=O) groups excluding carboxylic acids is 2. The summed E-state index contributed by atoms with van der Waals surface area (Å²) >= 11 is 1.34. The number of thiophene rings is 1. The normalized spacial score (nSPS) is 13.4. The summed E-state index contributed by atoms with van der Waals surface area (Å²) in [5.41, 5.74) is 0.902. The summed E-state index contributed by atoms with van der Waals surface area (Å²) in [6.45, 7) is 2.23. The van der Waals surface area contributed by atoms with Gasteiger partial charge in [0.1, 0.15) is 6.04 Å². The molecule has 7 heteroatoms. The first-order valence-corrected chi connectivity index (χ1v) is 8.02. The maximum Gasteiger partial charge on any atom is 0.261 e. The largest absolute Gasteiger partial charge is 0.454 e. The molecule has 0 aliphatic carbocycles. The second-order valence-corrected chi connectivity index (χ2v) is 6.03. The van der Waals surface area contributed by atoms with E-state index in [0.29, 0.717) is 22.9 Å². The molecule has 1 aliphatic heterocycles. The lowest BCUT2D eigenvalue weighted by atomic mass is 10.2. The molecule has 1 aromatic carbocycles. The van der Waals surface area contributed by atoms with Crippen molar-refractivity contribution >= 4 is 23.2 Å². The van der Waals surface area contributed by atoms with Crippen LogP contribution in [0, 0.1) is 0 Å². The molecule has 6 nitrogen and oxygen atoms in total. The average molecular weight is 332 g/mol. The summed E-state index contributed by atoms with van der Waals surface area (Å²) in [7, 11) is 0. The number of fused-ring (bicyclic) bond motifs is 1. The van der Waals surface area contributed by atoms with E-state index in [2.05, 4.69) is 10.6 Å². The third kappa shape index (κ3) is 3.62. The topological polar surface area (TPSA) is 76.7 Å². The molecule has 1 aliphatic rings. The van der Waals surface area contributed by atoms with Crippen LogP contribution < -0.4 is 20.1 Å². The lowest BCUT2D eigenvalue weighted by molar-refractivity contribution is -0.122. The Hall–Kier alpha value is -2.54. The van der Waals surface area contributed by atoms with Crippen molar-refractivity contribution in [2.24, 2.45) is 0 Å². The van der Waals surface area contributed by atoms with Crippen LogP contribution in [0.4, 0.5) is 0 Å². The van der Waals surface area contributed by atoms with E-state index in [1.807, 2.05) is 23.6 Å².